The maximum absolute atomic E-state index is 13.2. The molecule has 0 bridgehead atoms. The first-order chi connectivity index (χ1) is 14.4. The molecular weight excluding hydrogens is 386 g/mol. The zero-order valence-corrected chi connectivity index (χ0v) is 17.7. The van der Waals surface area contributed by atoms with Gasteiger partial charge in [0.15, 0.2) is 5.78 Å². The average Bonchev–Trinajstić information content (AvgIpc) is 2.84. The van der Waals surface area contributed by atoms with Gasteiger partial charge in [-0.15, -0.1) is 0 Å². The van der Waals surface area contributed by atoms with Crippen LogP contribution in [0.5, 0.6) is 0 Å². The van der Waals surface area contributed by atoms with Gasteiger partial charge in [0, 0.05) is 39.0 Å². The van der Waals surface area contributed by atoms with Crippen molar-refractivity contribution in [3.05, 3.63) is 56.2 Å². The molecule has 2 heterocycles. The second-order valence-corrected chi connectivity index (χ2v) is 7.56. The number of methoxy groups -OCH3 is 1. The van der Waals surface area contributed by atoms with Crippen LogP contribution in [-0.4, -0.2) is 60.1 Å². The molecule has 2 aromatic rings. The van der Waals surface area contributed by atoms with Crippen LogP contribution in [-0.2, 0) is 17.8 Å². The fourth-order valence-electron chi connectivity index (χ4n) is 3.99. The number of fused-ring (bicyclic) bond motifs is 1. The van der Waals surface area contributed by atoms with Crippen LogP contribution in [0.1, 0.15) is 29.3 Å². The van der Waals surface area contributed by atoms with Gasteiger partial charge in [0.2, 0.25) is 0 Å². The maximum Gasteiger partial charge on any atom is 0.330 e. The Morgan fingerprint density at radius 2 is 2.03 bits per heavy atom. The quantitative estimate of drug-likeness (QED) is 0.639. The van der Waals surface area contributed by atoms with E-state index in [1.54, 1.807) is 0 Å². The van der Waals surface area contributed by atoms with E-state index in [9.17, 15) is 14.4 Å². The van der Waals surface area contributed by atoms with Gasteiger partial charge in [0.25, 0.3) is 5.56 Å². The lowest BCUT2D eigenvalue weighted by Crippen LogP contribution is -2.44. The molecule has 0 spiro atoms. The van der Waals surface area contributed by atoms with E-state index in [0.29, 0.717) is 6.54 Å². The molecule has 9 nitrogen and oxygen atoms in total. The van der Waals surface area contributed by atoms with Crippen LogP contribution in [0.25, 0.3) is 0 Å². The molecule has 0 fully saturated rings. The summed E-state index contributed by atoms with van der Waals surface area (Å²) in [6.45, 7) is 3.86. The Morgan fingerprint density at radius 1 is 1.30 bits per heavy atom. The first kappa shape index (κ1) is 21.8. The fourth-order valence-corrected chi connectivity index (χ4v) is 3.99. The minimum Gasteiger partial charge on any atom is -0.384 e. The van der Waals surface area contributed by atoms with Crippen LogP contribution >= 0.6 is 0 Å². The van der Waals surface area contributed by atoms with E-state index in [1.807, 2.05) is 25.2 Å². The fraction of sp³-hybridized carbons (Fsp3) is 0.476. The number of benzene rings is 1. The van der Waals surface area contributed by atoms with Gasteiger partial charge >= 0.3 is 5.69 Å². The monoisotopic (exact) mass is 415 g/mol. The molecule has 0 saturated carbocycles. The molecule has 0 saturated heterocycles. The van der Waals surface area contributed by atoms with E-state index in [4.69, 9.17) is 10.5 Å². The van der Waals surface area contributed by atoms with Crippen molar-refractivity contribution in [2.75, 3.05) is 44.5 Å². The van der Waals surface area contributed by atoms with Crippen molar-refractivity contribution in [1.29, 1.82) is 0 Å². The number of ether oxygens (including phenoxy) is 1. The van der Waals surface area contributed by atoms with Gasteiger partial charge in [-0.1, -0.05) is 25.1 Å². The molecule has 1 atom stereocenters. The van der Waals surface area contributed by atoms with Crippen molar-refractivity contribution in [2.24, 2.45) is 0 Å². The van der Waals surface area contributed by atoms with Gasteiger partial charge in [0.1, 0.15) is 11.4 Å². The third kappa shape index (κ3) is 4.31. The number of nitrogens with one attached hydrogen (secondary N) is 1. The number of nitrogen functional groups attached to an aromatic ring is 1. The summed E-state index contributed by atoms with van der Waals surface area (Å²) in [7, 11) is 3.54. The molecule has 3 N–H and O–H groups in total. The van der Waals surface area contributed by atoms with Crippen LogP contribution in [0.3, 0.4) is 0 Å². The Hall–Kier alpha value is -2.91. The highest BCUT2D eigenvalue weighted by Crippen LogP contribution is 2.27. The Kier molecular flexibility index (Phi) is 6.73. The van der Waals surface area contributed by atoms with E-state index >= 15 is 0 Å². The minimum atomic E-state index is -0.753. The number of hydrogen-bond acceptors (Lipinski definition) is 7. The Labute approximate surface area is 175 Å². The van der Waals surface area contributed by atoms with Gasteiger partial charge in [-0.2, -0.15) is 0 Å². The molecule has 1 aromatic carbocycles. The van der Waals surface area contributed by atoms with Crippen molar-refractivity contribution < 1.29 is 9.53 Å². The number of rotatable bonds is 7. The van der Waals surface area contributed by atoms with Crippen molar-refractivity contribution in [3.63, 3.8) is 0 Å². The summed E-state index contributed by atoms with van der Waals surface area (Å²) in [5.74, 6) is -0.522. The molecule has 1 aliphatic heterocycles. The lowest BCUT2D eigenvalue weighted by molar-refractivity contribution is 0.0883. The summed E-state index contributed by atoms with van der Waals surface area (Å²) < 4.78 is 6.16. The summed E-state index contributed by atoms with van der Waals surface area (Å²) in [6.07, 6.45) is 0.852. The Morgan fingerprint density at radius 3 is 2.73 bits per heavy atom. The molecule has 1 aliphatic rings. The summed E-state index contributed by atoms with van der Waals surface area (Å²) in [5.41, 5.74) is 6.75. The largest absolute Gasteiger partial charge is 0.384 e. The van der Waals surface area contributed by atoms with Crippen LogP contribution in [0, 0.1) is 0 Å². The number of carbonyl (C=O) groups excluding carboxylic acids is 1. The van der Waals surface area contributed by atoms with Gasteiger partial charge in [-0.05, 0) is 18.1 Å². The summed E-state index contributed by atoms with van der Waals surface area (Å²) in [4.78, 5) is 44.1. The number of nitrogens with zero attached hydrogens (tertiary/aromatic N) is 3. The number of Topliss-reactive ketones (excluding diaryl/α,β-unsaturated/α-hetero) is 1. The molecule has 0 radical (unpaired) electrons. The number of likely N-dealkylation sites (N-methyl/N-ethyl adjacent to an activating group) is 1. The number of ketones is 1. The highest BCUT2D eigenvalue weighted by atomic mass is 16.5. The van der Waals surface area contributed by atoms with E-state index in [-0.39, 0.29) is 37.1 Å². The second kappa shape index (κ2) is 9.27. The Balaban J connectivity index is 1.93. The molecule has 1 aromatic heterocycles. The van der Waals surface area contributed by atoms with Crippen molar-refractivity contribution in [1.82, 2.24) is 14.5 Å². The zero-order chi connectivity index (χ0) is 21.8. The van der Waals surface area contributed by atoms with Crippen LogP contribution in [0.2, 0.25) is 0 Å². The number of aromatic amines is 1. The van der Waals surface area contributed by atoms with Crippen LogP contribution < -0.4 is 21.9 Å². The van der Waals surface area contributed by atoms with Crippen molar-refractivity contribution in [2.45, 2.75) is 32.5 Å². The van der Waals surface area contributed by atoms with Gasteiger partial charge < -0.3 is 15.4 Å². The molecule has 30 heavy (non-hydrogen) atoms. The van der Waals surface area contributed by atoms with Gasteiger partial charge in [-0.3, -0.25) is 24.0 Å². The Bertz CT molecular complexity index is 1030. The lowest BCUT2D eigenvalue weighted by atomic mass is 10.1. The predicted molar refractivity (Wildman–Crippen MR) is 116 cm³/mol. The summed E-state index contributed by atoms with van der Waals surface area (Å²) >= 11 is 0. The smallest absolute Gasteiger partial charge is 0.330 e. The van der Waals surface area contributed by atoms with E-state index in [0.717, 1.165) is 24.2 Å². The number of aromatic nitrogens is 2. The third-order valence-electron chi connectivity index (χ3n) is 5.63. The van der Waals surface area contributed by atoms with E-state index in [1.165, 1.54) is 11.7 Å². The maximum atomic E-state index is 13.2. The molecular formula is C21H29N5O4. The minimum absolute atomic E-state index is 0.0381. The van der Waals surface area contributed by atoms with E-state index in [2.05, 4.69) is 27.8 Å². The number of anilines is 2. The SMILES string of the molecule is CCC1CN(C)c2ccccc2CN1CC(=O)c1c(N)n(CCOC)c(=O)[nH]c1=O. The molecule has 162 valence electrons. The molecule has 0 aliphatic carbocycles. The highest BCUT2D eigenvalue weighted by molar-refractivity contribution is 6.01. The molecule has 3 rings (SSSR count). The third-order valence-corrected chi connectivity index (χ3v) is 5.63. The number of nitrogens with two attached hydrogens (primary N) is 1. The van der Waals surface area contributed by atoms with E-state index < -0.39 is 17.0 Å². The van der Waals surface area contributed by atoms with Crippen LogP contribution in [0.15, 0.2) is 33.9 Å². The topological polar surface area (TPSA) is 114 Å². The average molecular weight is 415 g/mol. The zero-order valence-electron chi connectivity index (χ0n) is 17.7. The molecule has 1 unspecified atom stereocenters. The summed E-state index contributed by atoms with van der Waals surface area (Å²) in [6, 6.07) is 8.23. The molecule has 0 amide bonds. The normalized spacial score (nSPS) is 16.9. The van der Waals surface area contributed by atoms with Crippen molar-refractivity contribution in [3.8, 4) is 0 Å². The van der Waals surface area contributed by atoms with Gasteiger partial charge in [0.05, 0.1) is 19.7 Å². The standard InChI is InChI=1S/C21H29N5O4/c1-4-15-12-24(2)16-8-6-5-7-14(16)11-25(15)13-17(27)18-19(22)26(9-10-30-3)21(29)23-20(18)28/h5-8,15H,4,9-13,22H2,1-3H3,(H,23,28,29). The highest BCUT2D eigenvalue weighted by Gasteiger charge is 2.29. The number of hydrogen-bond donors (Lipinski definition) is 2. The summed E-state index contributed by atoms with van der Waals surface area (Å²) in [5, 5.41) is 0. The second-order valence-electron chi connectivity index (χ2n) is 7.56. The van der Waals surface area contributed by atoms with Crippen molar-refractivity contribution >= 4 is 17.3 Å². The van der Waals surface area contributed by atoms with Gasteiger partial charge in [-0.25, -0.2) is 4.79 Å². The predicted octanol–water partition coefficient (Wildman–Crippen LogP) is 0.679. The first-order valence-electron chi connectivity index (χ1n) is 10.0. The van der Waals surface area contributed by atoms with Crippen LogP contribution in [0.4, 0.5) is 11.5 Å². The number of H-pyrrole nitrogens is 1. The first-order valence-corrected chi connectivity index (χ1v) is 10.0. The number of para-hydroxylation sites is 1. The molecule has 9 heteroatoms. The number of carbonyl (C=O) groups is 1. The lowest BCUT2D eigenvalue weighted by Gasteiger charge is -2.30.